The van der Waals surface area contributed by atoms with Crippen LogP contribution in [0.2, 0.25) is 0 Å². The maximum Gasteiger partial charge on any atom is 0.245 e. The van der Waals surface area contributed by atoms with Gasteiger partial charge in [-0.3, -0.25) is 9.59 Å². The van der Waals surface area contributed by atoms with Gasteiger partial charge in [-0.15, -0.1) is 24.2 Å². The summed E-state index contributed by atoms with van der Waals surface area (Å²) < 4.78 is 13.8. The summed E-state index contributed by atoms with van der Waals surface area (Å²) in [7, 11) is 1.72. The topological polar surface area (TPSA) is 75.4 Å². The van der Waals surface area contributed by atoms with Crippen LogP contribution in [0.25, 0.3) is 0 Å². The van der Waals surface area contributed by atoms with Crippen molar-refractivity contribution in [3.05, 3.63) is 35.6 Å². The van der Waals surface area contributed by atoms with Crippen molar-refractivity contribution in [2.75, 3.05) is 25.9 Å². The molecule has 2 atom stereocenters. The largest absolute Gasteiger partial charge is 0.343 e. The number of benzene rings is 1. The molecular formula is C18H27ClFN3O2S. The van der Waals surface area contributed by atoms with Crippen molar-refractivity contribution >= 4 is 36.0 Å². The van der Waals surface area contributed by atoms with Gasteiger partial charge in [-0.25, -0.2) is 4.39 Å². The Bertz CT molecular complexity index is 645. The number of nitrogens with two attached hydrogens (primary N) is 1. The smallest absolute Gasteiger partial charge is 0.245 e. The number of nitrogens with zero attached hydrogens (tertiary/aromatic N) is 1. The van der Waals surface area contributed by atoms with Crippen molar-refractivity contribution in [1.82, 2.24) is 10.2 Å². The molecule has 8 heteroatoms. The van der Waals surface area contributed by atoms with Crippen LogP contribution in [0.1, 0.15) is 19.4 Å². The Kier molecular flexibility index (Phi) is 8.37. The molecule has 0 saturated carbocycles. The van der Waals surface area contributed by atoms with E-state index in [0.717, 1.165) is 0 Å². The third-order valence-corrected chi connectivity index (χ3v) is 5.64. The second-order valence-corrected chi connectivity index (χ2v) is 8.48. The monoisotopic (exact) mass is 403 g/mol. The maximum absolute atomic E-state index is 13.8. The van der Waals surface area contributed by atoms with Crippen molar-refractivity contribution in [2.24, 2.45) is 11.1 Å². The molecule has 1 fully saturated rings. The Morgan fingerprint density at radius 3 is 2.65 bits per heavy atom. The lowest BCUT2D eigenvalue weighted by atomic mass is 9.93. The second-order valence-electron chi connectivity index (χ2n) is 7.24. The number of halogens is 2. The zero-order chi connectivity index (χ0) is 18.6. The maximum atomic E-state index is 13.8. The lowest BCUT2D eigenvalue weighted by Crippen LogP contribution is -2.56. The molecule has 5 nitrogen and oxygen atoms in total. The molecule has 1 aliphatic heterocycles. The van der Waals surface area contributed by atoms with E-state index in [1.54, 1.807) is 30.1 Å². The van der Waals surface area contributed by atoms with Gasteiger partial charge in [0.05, 0.1) is 5.25 Å². The first-order valence-corrected chi connectivity index (χ1v) is 9.39. The summed E-state index contributed by atoms with van der Waals surface area (Å²) in [4.78, 5) is 26.5. The summed E-state index contributed by atoms with van der Waals surface area (Å²) in [6, 6.07) is 5.91. The summed E-state index contributed by atoms with van der Waals surface area (Å²) in [5.41, 5.74) is 6.06. The van der Waals surface area contributed by atoms with Gasteiger partial charge in [0.25, 0.3) is 0 Å². The molecule has 0 radical (unpaired) electrons. The quantitative estimate of drug-likeness (QED) is 0.759. The van der Waals surface area contributed by atoms with E-state index in [1.165, 1.54) is 17.8 Å². The average Bonchev–Trinajstić information content (AvgIpc) is 2.57. The normalized spacial score (nSPS) is 20.1. The Balaban J connectivity index is 0.00000338. The molecule has 146 valence electrons. The Morgan fingerprint density at radius 2 is 2.08 bits per heavy atom. The molecule has 1 heterocycles. The van der Waals surface area contributed by atoms with Crippen molar-refractivity contribution in [3.63, 3.8) is 0 Å². The van der Waals surface area contributed by atoms with Gasteiger partial charge in [0.2, 0.25) is 11.8 Å². The van der Waals surface area contributed by atoms with Gasteiger partial charge in [0, 0.05) is 19.3 Å². The second kappa shape index (κ2) is 9.58. The molecule has 0 aromatic heterocycles. The van der Waals surface area contributed by atoms with E-state index in [2.05, 4.69) is 5.32 Å². The fourth-order valence-electron chi connectivity index (χ4n) is 2.79. The summed E-state index contributed by atoms with van der Waals surface area (Å²) >= 11 is 1.40. The van der Waals surface area contributed by atoms with Crippen LogP contribution in [-0.2, 0) is 16.0 Å². The van der Waals surface area contributed by atoms with Crippen molar-refractivity contribution < 1.29 is 14.0 Å². The van der Waals surface area contributed by atoms with Gasteiger partial charge in [0.15, 0.2) is 0 Å². The average molecular weight is 404 g/mol. The summed E-state index contributed by atoms with van der Waals surface area (Å²) in [5, 5.41) is 2.40. The van der Waals surface area contributed by atoms with Crippen molar-refractivity contribution in [1.29, 1.82) is 0 Å². The van der Waals surface area contributed by atoms with Gasteiger partial charge >= 0.3 is 0 Å². The third-order valence-electron chi connectivity index (χ3n) is 4.33. The lowest BCUT2D eigenvalue weighted by molar-refractivity contribution is -0.135. The van der Waals surface area contributed by atoms with Crippen LogP contribution in [-0.4, -0.2) is 53.9 Å². The zero-order valence-electron chi connectivity index (χ0n) is 15.3. The van der Waals surface area contributed by atoms with Gasteiger partial charge in [0.1, 0.15) is 11.9 Å². The molecule has 2 amide bonds. The highest BCUT2D eigenvalue weighted by molar-refractivity contribution is 8.00. The van der Waals surface area contributed by atoms with Crippen LogP contribution < -0.4 is 11.1 Å². The van der Waals surface area contributed by atoms with Gasteiger partial charge in [-0.05, 0) is 30.0 Å². The molecule has 1 aliphatic rings. The number of carbonyl (C=O) groups excluding carboxylic acids is 2. The van der Waals surface area contributed by atoms with E-state index < -0.39 is 6.04 Å². The third kappa shape index (κ3) is 5.86. The van der Waals surface area contributed by atoms with Crippen LogP contribution in [0, 0.1) is 11.2 Å². The Morgan fingerprint density at radius 1 is 1.42 bits per heavy atom. The van der Waals surface area contributed by atoms with E-state index in [1.807, 2.05) is 13.8 Å². The van der Waals surface area contributed by atoms with E-state index >= 15 is 0 Å². The number of hydrogen-bond donors (Lipinski definition) is 2. The van der Waals surface area contributed by atoms with Crippen LogP contribution in [0.5, 0.6) is 0 Å². The molecule has 1 saturated heterocycles. The van der Waals surface area contributed by atoms with Crippen LogP contribution >= 0.6 is 24.2 Å². The lowest BCUT2D eigenvalue weighted by Gasteiger charge is -2.34. The first-order valence-electron chi connectivity index (χ1n) is 8.34. The first kappa shape index (κ1) is 22.7. The van der Waals surface area contributed by atoms with Crippen LogP contribution in [0.3, 0.4) is 0 Å². The number of carbonyl (C=O) groups is 2. The van der Waals surface area contributed by atoms with Gasteiger partial charge in [-0.2, -0.15) is 0 Å². The SMILES string of the molecule is CN(CC(C)(C)CN)C(=O)C1CSC(Cc2ccccc2F)C(=O)N1.Cl. The molecule has 0 aliphatic carbocycles. The Hall–Kier alpha value is -1.31. The molecule has 0 spiro atoms. The fourth-order valence-corrected chi connectivity index (χ4v) is 3.96. The number of thioether (sulfide) groups is 1. The highest BCUT2D eigenvalue weighted by atomic mass is 35.5. The highest BCUT2D eigenvalue weighted by Crippen LogP contribution is 2.24. The summed E-state index contributed by atoms with van der Waals surface area (Å²) in [6.07, 6.45) is 0.320. The number of nitrogens with one attached hydrogen (secondary N) is 1. The molecule has 1 aromatic carbocycles. The minimum atomic E-state index is -0.548. The zero-order valence-corrected chi connectivity index (χ0v) is 17.0. The van der Waals surface area contributed by atoms with E-state index in [4.69, 9.17) is 5.73 Å². The van der Waals surface area contributed by atoms with Gasteiger partial charge < -0.3 is 16.0 Å². The van der Waals surface area contributed by atoms with Gasteiger partial charge in [-0.1, -0.05) is 32.0 Å². The molecule has 1 aromatic rings. The molecule has 0 bridgehead atoms. The van der Waals surface area contributed by atoms with E-state index in [-0.39, 0.29) is 40.7 Å². The van der Waals surface area contributed by atoms with Crippen molar-refractivity contribution in [3.8, 4) is 0 Å². The minimum absolute atomic E-state index is 0. The molecule has 2 rings (SSSR count). The highest BCUT2D eigenvalue weighted by Gasteiger charge is 2.35. The molecular weight excluding hydrogens is 377 g/mol. The van der Waals surface area contributed by atoms with Crippen LogP contribution in [0.4, 0.5) is 4.39 Å². The summed E-state index contributed by atoms with van der Waals surface area (Å²) in [6.45, 7) is 4.99. The van der Waals surface area contributed by atoms with Crippen molar-refractivity contribution in [2.45, 2.75) is 31.6 Å². The van der Waals surface area contributed by atoms with Crippen LogP contribution in [0.15, 0.2) is 24.3 Å². The number of hydrogen-bond acceptors (Lipinski definition) is 4. The standard InChI is InChI=1S/C18H26FN3O2S.ClH/c1-18(2,10-20)11-22(3)17(24)14-9-25-15(16(23)21-14)8-12-6-4-5-7-13(12)19;/h4-7,14-15H,8-11,20H2,1-3H3,(H,21,23);1H. The minimum Gasteiger partial charge on any atom is -0.343 e. The number of amides is 2. The molecule has 2 unspecified atom stereocenters. The fraction of sp³-hybridized carbons (Fsp3) is 0.556. The predicted molar refractivity (Wildman–Crippen MR) is 106 cm³/mol. The summed E-state index contributed by atoms with van der Waals surface area (Å²) in [5.74, 6) is -0.161. The first-order chi connectivity index (χ1) is 11.7. The van der Waals surface area contributed by atoms with E-state index in [9.17, 15) is 14.0 Å². The number of rotatable bonds is 6. The predicted octanol–water partition coefficient (Wildman–Crippen LogP) is 1.83. The Labute approximate surface area is 164 Å². The molecule has 26 heavy (non-hydrogen) atoms. The number of likely N-dealkylation sites (N-methyl/N-ethyl adjacent to an activating group) is 1. The molecule has 3 N–H and O–H groups in total. The van der Waals surface area contributed by atoms with E-state index in [0.29, 0.717) is 30.8 Å².